The van der Waals surface area contributed by atoms with Crippen LogP contribution in [-0.4, -0.2) is 38.1 Å². The number of carbonyl (C=O) groups is 2. The van der Waals surface area contributed by atoms with Crippen molar-refractivity contribution in [1.82, 2.24) is 14.5 Å². The van der Waals surface area contributed by atoms with Gasteiger partial charge in [0.2, 0.25) is 11.7 Å². The van der Waals surface area contributed by atoms with Crippen LogP contribution in [-0.2, 0) is 24.1 Å². The molecule has 1 aliphatic heterocycles. The van der Waals surface area contributed by atoms with Gasteiger partial charge in [-0.3, -0.25) is 4.79 Å². The van der Waals surface area contributed by atoms with Gasteiger partial charge in [0.05, 0.1) is 12.2 Å². The number of anilines is 1. The summed E-state index contributed by atoms with van der Waals surface area (Å²) in [6.07, 6.45) is -5.91. The second kappa shape index (κ2) is 4.69. The van der Waals surface area contributed by atoms with Crippen molar-refractivity contribution < 1.29 is 27.9 Å². The van der Waals surface area contributed by atoms with E-state index in [0.717, 1.165) is 16.4 Å². The van der Waals surface area contributed by atoms with Crippen LogP contribution < -0.4 is 5.32 Å². The van der Waals surface area contributed by atoms with Gasteiger partial charge in [0.1, 0.15) is 0 Å². The molecule has 0 spiro atoms. The van der Waals surface area contributed by atoms with E-state index in [2.05, 4.69) is 10.3 Å². The predicted molar refractivity (Wildman–Crippen MR) is 60.0 cm³/mol. The van der Waals surface area contributed by atoms with E-state index in [1.165, 1.54) is 0 Å². The van der Waals surface area contributed by atoms with E-state index in [0.29, 0.717) is 0 Å². The van der Waals surface area contributed by atoms with Crippen molar-refractivity contribution in [2.24, 2.45) is 0 Å². The molecule has 0 aliphatic carbocycles. The standard InChI is InChI=1S/C10H11F3N4O3/c1-5(18)14-7-6-4-16(9(19)20)2-3-17(6)8(15-7)10(11,12)13/h2-4H2,1H3,(H,14,18)(H,19,20). The van der Waals surface area contributed by atoms with Gasteiger partial charge in [-0.1, -0.05) is 0 Å². The Labute approximate surface area is 111 Å². The fraction of sp³-hybridized carbons (Fsp3) is 0.500. The van der Waals surface area contributed by atoms with Crippen LogP contribution >= 0.6 is 0 Å². The highest BCUT2D eigenvalue weighted by molar-refractivity contribution is 5.88. The highest BCUT2D eigenvalue weighted by Gasteiger charge is 2.40. The van der Waals surface area contributed by atoms with E-state index < -0.39 is 24.0 Å². The quantitative estimate of drug-likeness (QED) is 0.818. The lowest BCUT2D eigenvalue weighted by Crippen LogP contribution is -2.38. The SMILES string of the molecule is CC(=O)Nc1nc(C(F)(F)F)n2c1CN(C(=O)O)CC2. The Bertz CT molecular complexity index is 567. The van der Waals surface area contributed by atoms with Crippen LogP contribution in [0.3, 0.4) is 0 Å². The zero-order chi connectivity index (χ0) is 15.1. The average Bonchev–Trinajstić information content (AvgIpc) is 2.66. The summed E-state index contributed by atoms with van der Waals surface area (Å²) in [7, 11) is 0. The van der Waals surface area contributed by atoms with Crippen molar-refractivity contribution in [2.45, 2.75) is 26.2 Å². The van der Waals surface area contributed by atoms with E-state index in [9.17, 15) is 22.8 Å². The topological polar surface area (TPSA) is 87.5 Å². The van der Waals surface area contributed by atoms with Gasteiger partial charge in [-0.2, -0.15) is 13.2 Å². The van der Waals surface area contributed by atoms with Gasteiger partial charge >= 0.3 is 12.3 Å². The summed E-state index contributed by atoms with van der Waals surface area (Å²) in [5, 5.41) is 11.1. The van der Waals surface area contributed by atoms with Crippen molar-refractivity contribution in [1.29, 1.82) is 0 Å². The summed E-state index contributed by atoms with van der Waals surface area (Å²) in [6, 6.07) is 0. The molecule has 7 nitrogen and oxygen atoms in total. The number of rotatable bonds is 1. The zero-order valence-corrected chi connectivity index (χ0v) is 10.4. The molecule has 20 heavy (non-hydrogen) atoms. The van der Waals surface area contributed by atoms with Crippen LogP contribution in [0.25, 0.3) is 0 Å². The lowest BCUT2D eigenvalue weighted by molar-refractivity contribution is -0.147. The third kappa shape index (κ3) is 2.53. The molecule has 110 valence electrons. The third-order valence-electron chi connectivity index (χ3n) is 2.83. The molecule has 2 N–H and O–H groups in total. The monoisotopic (exact) mass is 292 g/mol. The summed E-state index contributed by atoms with van der Waals surface area (Å²) >= 11 is 0. The molecule has 2 heterocycles. The molecule has 0 unspecified atom stereocenters. The molecule has 0 fully saturated rings. The summed E-state index contributed by atoms with van der Waals surface area (Å²) in [4.78, 5) is 26.2. The largest absolute Gasteiger partial charge is 0.465 e. The van der Waals surface area contributed by atoms with Gasteiger partial charge in [-0.15, -0.1) is 0 Å². The number of imidazole rings is 1. The summed E-state index contributed by atoms with van der Waals surface area (Å²) in [5.74, 6) is -1.97. The first-order valence-corrected chi connectivity index (χ1v) is 5.62. The minimum Gasteiger partial charge on any atom is -0.465 e. The number of carboxylic acid groups (broad SMARTS) is 1. The number of carbonyl (C=O) groups excluding carboxylic acids is 1. The molecule has 0 saturated carbocycles. The van der Waals surface area contributed by atoms with Crippen LogP contribution in [0.4, 0.5) is 23.8 Å². The van der Waals surface area contributed by atoms with E-state index in [-0.39, 0.29) is 31.1 Å². The Balaban J connectivity index is 2.47. The number of fused-ring (bicyclic) bond motifs is 1. The van der Waals surface area contributed by atoms with Crippen molar-refractivity contribution in [3.8, 4) is 0 Å². The number of alkyl halides is 3. The Morgan fingerprint density at radius 1 is 1.35 bits per heavy atom. The van der Waals surface area contributed by atoms with E-state index in [4.69, 9.17) is 5.11 Å². The van der Waals surface area contributed by atoms with E-state index in [1.54, 1.807) is 0 Å². The molecule has 0 saturated heterocycles. The smallest absolute Gasteiger partial charge is 0.449 e. The molecule has 2 amide bonds. The summed E-state index contributed by atoms with van der Waals surface area (Å²) in [6.45, 7) is 0.648. The Hall–Kier alpha value is -2.26. The Kier molecular flexibility index (Phi) is 3.32. The Morgan fingerprint density at radius 2 is 2.00 bits per heavy atom. The molecule has 0 bridgehead atoms. The van der Waals surface area contributed by atoms with Gasteiger partial charge in [-0.05, 0) is 0 Å². The lowest BCUT2D eigenvalue weighted by Gasteiger charge is -2.27. The highest BCUT2D eigenvalue weighted by atomic mass is 19.4. The second-order valence-corrected chi connectivity index (χ2v) is 4.27. The number of hydrogen-bond donors (Lipinski definition) is 2. The molecule has 0 atom stereocenters. The molecule has 1 aromatic heterocycles. The van der Waals surface area contributed by atoms with Crippen LogP contribution in [0, 0.1) is 0 Å². The normalized spacial score (nSPS) is 14.9. The molecule has 1 aliphatic rings. The number of amides is 2. The molecule has 10 heteroatoms. The maximum atomic E-state index is 12.9. The van der Waals surface area contributed by atoms with Crippen LogP contribution in [0.2, 0.25) is 0 Å². The second-order valence-electron chi connectivity index (χ2n) is 4.27. The average molecular weight is 292 g/mol. The van der Waals surface area contributed by atoms with Crippen LogP contribution in [0.5, 0.6) is 0 Å². The summed E-state index contributed by atoms with van der Waals surface area (Å²) in [5.41, 5.74) is 0.0289. The molecule has 0 aromatic carbocycles. The maximum absolute atomic E-state index is 12.9. The minimum atomic E-state index is -4.67. The van der Waals surface area contributed by atoms with Gasteiger partial charge in [-0.25, -0.2) is 9.78 Å². The Morgan fingerprint density at radius 3 is 2.50 bits per heavy atom. The fourth-order valence-corrected chi connectivity index (χ4v) is 2.01. The van der Waals surface area contributed by atoms with Gasteiger partial charge < -0.3 is 19.9 Å². The van der Waals surface area contributed by atoms with Crippen LogP contribution in [0.1, 0.15) is 18.4 Å². The first kappa shape index (κ1) is 14.2. The molecular weight excluding hydrogens is 281 g/mol. The predicted octanol–water partition coefficient (Wildman–Crippen LogP) is 1.35. The molecular formula is C10H11F3N4O3. The molecule has 1 aromatic rings. The number of hydrogen-bond acceptors (Lipinski definition) is 3. The molecule has 0 radical (unpaired) electrons. The van der Waals surface area contributed by atoms with Crippen molar-refractivity contribution in [3.05, 3.63) is 11.5 Å². The number of nitrogens with zero attached hydrogens (tertiary/aromatic N) is 3. The van der Waals surface area contributed by atoms with Gasteiger partial charge in [0, 0.05) is 20.0 Å². The van der Waals surface area contributed by atoms with Crippen LogP contribution in [0.15, 0.2) is 0 Å². The zero-order valence-electron chi connectivity index (χ0n) is 10.4. The van der Waals surface area contributed by atoms with E-state index in [1.807, 2.05) is 0 Å². The van der Waals surface area contributed by atoms with Crippen molar-refractivity contribution >= 4 is 17.8 Å². The first-order chi connectivity index (χ1) is 9.20. The van der Waals surface area contributed by atoms with E-state index >= 15 is 0 Å². The number of halogens is 3. The minimum absolute atomic E-state index is 0.0289. The fourth-order valence-electron chi connectivity index (χ4n) is 2.01. The van der Waals surface area contributed by atoms with Crippen molar-refractivity contribution in [2.75, 3.05) is 11.9 Å². The van der Waals surface area contributed by atoms with Crippen molar-refractivity contribution in [3.63, 3.8) is 0 Å². The first-order valence-electron chi connectivity index (χ1n) is 5.62. The highest BCUT2D eigenvalue weighted by Crippen LogP contribution is 2.34. The van der Waals surface area contributed by atoms with Gasteiger partial charge in [0.15, 0.2) is 5.82 Å². The molecule has 2 rings (SSSR count). The summed E-state index contributed by atoms with van der Waals surface area (Å²) < 4.78 is 39.5. The van der Waals surface area contributed by atoms with Gasteiger partial charge in [0.25, 0.3) is 0 Å². The third-order valence-corrected chi connectivity index (χ3v) is 2.83. The number of nitrogens with one attached hydrogen (secondary N) is 1. The number of aromatic nitrogens is 2. The lowest BCUT2D eigenvalue weighted by atomic mass is 10.3. The maximum Gasteiger partial charge on any atom is 0.449 e.